The van der Waals surface area contributed by atoms with Gasteiger partial charge in [0.25, 0.3) is 0 Å². The van der Waals surface area contributed by atoms with Gasteiger partial charge in [0.05, 0.1) is 12.6 Å². The highest BCUT2D eigenvalue weighted by Gasteiger charge is 2.05. The number of ether oxygens (including phenoxy) is 1. The van der Waals surface area contributed by atoms with Crippen LogP contribution in [0.2, 0.25) is 0 Å². The van der Waals surface area contributed by atoms with Gasteiger partial charge < -0.3 is 10.1 Å². The number of benzene rings is 1. The minimum atomic E-state index is 0.278. The summed E-state index contributed by atoms with van der Waals surface area (Å²) in [4.78, 5) is 0. The summed E-state index contributed by atoms with van der Waals surface area (Å²) in [6, 6.07) is 8.52. The van der Waals surface area contributed by atoms with Gasteiger partial charge in [-0.15, -0.1) is 0 Å². The maximum atomic E-state index is 5.42. The van der Waals surface area contributed by atoms with Gasteiger partial charge in [-0.3, -0.25) is 0 Å². The molecule has 0 spiro atoms. The molecule has 0 heterocycles. The lowest BCUT2D eigenvalue weighted by molar-refractivity contribution is 0.340. The molecule has 0 amide bonds. The molecule has 0 aliphatic heterocycles. The first-order valence-corrected chi connectivity index (χ1v) is 5.72. The number of likely N-dealkylation sites (N-methyl/N-ethyl adjacent to an activating group) is 1. The molecular formula is C14H21NO. The topological polar surface area (TPSA) is 21.3 Å². The largest absolute Gasteiger partial charge is 0.494 e. The Balaban J connectivity index is 2.82. The van der Waals surface area contributed by atoms with Crippen molar-refractivity contribution in [2.45, 2.75) is 26.8 Å². The maximum Gasteiger partial charge on any atom is 0.119 e. The average Bonchev–Trinajstić information content (AvgIpc) is 2.27. The third-order valence-electron chi connectivity index (χ3n) is 2.36. The van der Waals surface area contributed by atoms with E-state index in [1.54, 1.807) is 0 Å². The highest BCUT2D eigenvalue weighted by Crippen LogP contribution is 2.19. The lowest BCUT2D eigenvalue weighted by Gasteiger charge is -2.13. The van der Waals surface area contributed by atoms with Crippen molar-refractivity contribution in [3.63, 3.8) is 0 Å². The van der Waals surface area contributed by atoms with Crippen molar-refractivity contribution in [2.24, 2.45) is 0 Å². The van der Waals surface area contributed by atoms with Crippen molar-refractivity contribution >= 4 is 0 Å². The molecule has 1 atom stereocenters. The Labute approximate surface area is 98.3 Å². The Bertz CT molecular complexity index is 336. The zero-order chi connectivity index (χ0) is 12.0. The molecule has 1 rings (SSSR count). The molecule has 0 saturated heterocycles. The summed E-state index contributed by atoms with van der Waals surface area (Å²) >= 11 is 0. The average molecular weight is 219 g/mol. The standard InChI is InChI=1S/C14H21NO/c1-5-16-13-8-6-12(7-9-13)14(15-4)10-11(2)3/h6-10,14-15H,5H2,1-4H3. The van der Waals surface area contributed by atoms with E-state index in [9.17, 15) is 0 Å². The minimum Gasteiger partial charge on any atom is -0.494 e. The van der Waals surface area contributed by atoms with Crippen LogP contribution in [0.25, 0.3) is 0 Å². The van der Waals surface area contributed by atoms with E-state index in [-0.39, 0.29) is 6.04 Å². The summed E-state index contributed by atoms with van der Waals surface area (Å²) in [6.07, 6.45) is 2.22. The summed E-state index contributed by atoms with van der Waals surface area (Å²) in [5, 5.41) is 3.28. The Morgan fingerprint density at radius 1 is 1.31 bits per heavy atom. The Morgan fingerprint density at radius 2 is 1.94 bits per heavy atom. The SMILES string of the molecule is CCOc1ccc(C(C=C(C)C)NC)cc1. The van der Waals surface area contributed by atoms with Gasteiger partial charge >= 0.3 is 0 Å². The van der Waals surface area contributed by atoms with Crippen LogP contribution in [0.4, 0.5) is 0 Å². The molecule has 0 radical (unpaired) electrons. The van der Waals surface area contributed by atoms with Gasteiger partial charge in [0, 0.05) is 0 Å². The third kappa shape index (κ3) is 3.70. The molecule has 1 aromatic rings. The molecule has 0 aliphatic rings. The molecule has 2 heteroatoms. The second-order valence-corrected chi connectivity index (χ2v) is 4.01. The quantitative estimate of drug-likeness (QED) is 0.767. The normalized spacial score (nSPS) is 12.0. The first-order valence-electron chi connectivity index (χ1n) is 5.72. The number of nitrogens with one attached hydrogen (secondary N) is 1. The van der Waals surface area contributed by atoms with Gasteiger partial charge in [-0.2, -0.15) is 0 Å². The fourth-order valence-corrected chi connectivity index (χ4v) is 1.62. The zero-order valence-corrected chi connectivity index (χ0v) is 10.6. The van der Waals surface area contributed by atoms with E-state index in [1.807, 2.05) is 26.1 Å². The smallest absolute Gasteiger partial charge is 0.119 e. The van der Waals surface area contributed by atoms with Gasteiger partial charge in [0.2, 0.25) is 0 Å². The summed E-state index contributed by atoms with van der Waals surface area (Å²) < 4.78 is 5.42. The second-order valence-electron chi connectivity index (χ2n) is 4.01. The van der Waals surface area contributed by atoms with Gasteiger partial charge in [-0.1, -0.05) is 23.8 Å². The molecule has 0 saturated carbocycles. The van der Waals surface area contributed by atoms with Crippen molar-refractivity contribution in [3.05, 3.63) is 41.5 Å². The molecular weight excluding hydrogens is 198 g/mol. The number of rotatable bonds is 5. The molecule has 16 heavy (non-hydrogen) atoms. The molecule has 0 fully saturated rings. The van der Waals surface area contributed by atoms with E-state index in [1.165, 1.54) is 11.1 Å². The molecule has 88 valence electrons. The fourth-order valence-electron chi connectivity index (χ4n) is 1.62. The molecule has 0 aromatic heterocycles. The van der Waals surface area contributed by atoms with Crippen LogP contribution in [-0.4, -0.2) is 13.7 Å². The van der Waals surface area contributed by atoms with E-state index in [0.29, 0.717) is 6.61 Å². The number of allylic oxidation sites excluding steroid dienone is 1. The Morgan fingerprint density at radius 3 is 2.38 bits per heavy atom. The summed E-state index contributed by atoms with van der Waals surface area (Å²) in [5.74, 6) is 0.929. The fraction of sp³-hybridized carbons (Fsp3) is 0.429. The monoisotopic (exact) mass is 219 g/mol. The molecule has 1 aromatic carbocycles. The summed E-state index contributed by atoms with van der Waals surface area (Å²) in [6.45, 7) is 6.92. The second kappa shape index (κ2) is 6.33. The summed E-state index contributed by atoms with van der Waals surface area (Å²) in [5.41, 5.74) is 2.57. The highest BCUT2D eigenvalue weighted by atomic mass is 16.5. The van der Waals surface area contributed by atoms with Gasteiger partial charge in [0.15, 0.2) is 0 Å². The number of hydrogen-bond acceptors (Lipinski definition) is 2. The molecule has 1 unspecified atom stereocenters. The van der Waals surface area contributed by atoms with Crippen LogP contribution in [0.15, 0.2) is 35.9 Å². The van der Waals surface area contributed by atoms with Crippen LogP contribution in [0, 0.1) is 0 Å². The maximum absolute atomic E-state index is 5.42. The lowest BCUT2D eigenvalue weighted by atomic mass is 10.0. The Hall–Kier alpha value is -1.28. The van der Waals surface area contributed by atoms with E-state index >= 15 is 0 Å². The van der Waals surface area contributed by atoms with Gasteiger partial charge in [-0.25, -0.2) is 0 Å². The van der Waals surface area contributed by atoms with Crippen molar-refractivity contribution < 1.29 is 4.74 Å². The van der Waals surface area contributed by atoms with Crippen molar-refractivity contribution in [1.82, 2.24) is 5.32 Å². The van der Waals surface area contributed by atoms with E-state index < -0.39 is 0 Å². The minimum absolute atomic E-state index is 0.278. The van der Waals surface area contributed by atoms with Crippen LogP contribution >= 0.6 is 0 Å². The van der Waals surface area contributed by atoms with Crippen LogP contribution in [0.5, 0.6) is 5.75 Å². The molecule has 0 aliphatic carbocycles. The lowest BCUT2D eigenvalue weighted by Crippen LogP contribution is -2.14. The van der Waals surface area contributed by atoms with Crippen LogP contribution < -0.4 is 10.1 Å². The van der Waals surface area contributed by atoms with Gasteiger partial charge in [0.1, 0.15) is 5.75 Å². The van der Waals surface area contributed by atoms with Crippen molar-refractivity contribution in [1.29, 1.82) is 0 Å². The van der Waals surface area contributed by atoms with Crippen LogP contribution in [0.1, 0.15) is 32.4 Å². The van der Waals surface area contributed by atoms with Crippen LogP contribution in [0.3, 0.4) is 0 Å². The zero-order valence-electron chi connectivity index (χ0n) is 10.6. The predicted molar refractivity (Wildman–Crippen MR) is 68.8 cm³/mol. The van der Waals surface area contributed by atoms with Crippen molar-refractivity contribution in [2.75, 3.05) is 13.7 Å². The van der Waals surface area contributed by atoms with Crippen molar-refractivity contribution in [3.8, 4) is 5.75 Å². The molecule has 0 bridgehead atoms. The van der Waals surface area contributed by atoms with Crippen LogP contribution in [-0.2, 0) is 0 Å². The summed E-state index contributed by atoms with van der Waals surface area (Å²) in [7, 11) is 1.97. The van der Waals surface area contributed by atoms with Gasteiger partial charge in [-0.05, 0) is 45.5 Å². The first-order chi connectivity index (χ1) is 7.67. The predicted octanol–water partition coefficient (Wildman–Crippen LogP) is 3.31. The van der Waals surface area contributed by atoms with E-state index in [0.717, 1.165) is 5.75 Å². The Kier molecular flexibility index (Phi) is 5.06. The van der Waals surface area contributed by atoms with E-state index in [4.69, 9.17) is 4.74 Å². The highest BCUT2D eigenvalue weighted by molar-refractivity contribution is 5.31. The van der Waals surface area contributed by atoms with E-state index in [2.05, 4.69) is 37.4 Å². The molecule has 2 nitrogen and oxygen atoms in total. The molecule has 1 N–H and O–H groups in total. The number of hydrogen-bond donors (Lipinski definition) is 1. The third-order valence-corrected chi connectivity index (χ3v) is 2.36. The first kappa shape index (κ1) is 12.8.